The molecule has 136 valence electrons. The van der Waals surface area contributed by atoms with E-state index < -0.39 is 26.4 Å². The number of hydrogen-bond acceptors (Lipinski definition) is 5. The number of hydrogen-bond donors (Lipinski definition) is 0. The van der Waals surface area contributed by atoms with Gasteiger partial charge in [-0.3, -0.25) is 4.79 Å². The van der Waals surface area contributed by atoms with Crippen molar-refractivity contribution in [3.8, 4) is 0 Å². The fourth-order valence-electron chi connectivity index (χ4n) is 3.43. The second-order valence-electron chi connectivity index (χ2n) is 6.69. The lowest BCUT2D eigenvalue weighted by Crippen LogP contribution is -2.52. The summed E-state index contributed by atoms with van der Waals surface area (Å²) < 4.78 is 16.5. The molecule has 0 radical (unpaired) electrons. The molecule has 0 aromatic carbocycles. The molecule has 0 rings (SSSR count). The van der Waals surface area contributed by atoms with E-state index in [0.29, 0.717) is 16.6 Å². The summed E-state index contributed by atoms with van der Waals surface area (Å²) in [6.45, 7) is 16.9. The third kappa shape index (κ3) is 5.92. The molecule has 0 saturated heterocycles. The number of carbonyl (C=O) groups is 2. The molecule has 5 nitrogen and oxygen atoms in total. The lowest BCUT2D eigenvalue weighted by molar-refractivity contribution is -0.158. The summed E-state index contributed by atoms with van der Waals surface area (Å²) in [7, 11) is -2.28. The Hall–Kier alpha value is -0.883. The second kappa shape index (κ2) is 10.1. The molecule has 0 aromatic rings. The Morgan fingerprint density at radius 1 is 0.826 bits per heavy atom. The van der Waals surface area contributed by atoms with Crippen LogP contribution in [0.1, 0.15) is 61.8 Å². The first kappa shape index (κ1) is 22.1. The van der Waals surface area contributed by atoms with E-state index in [0.717, 1.165) is 0 Å². The molecule has 0 amide bonds. The molecule has 1 atom stereocenters. The van der Waals surface area contributed by atoms with Crippen molar-refractivity contribution in [1.29, 1.82) is 0 Å². The van der Waals surface area contributed by atoms with Gasteiger partial charge in [0.15, 0.2) is 6.10 Å². The molecule has 0 bridgehead atoms. The Morgan fingerprint density at radius 3 is 1.61 bits per heavy atom. The van der Waals surface area contributed by atoms with Crippen LogP contribution in [0.25, 0.3) is 0 Å². The maximum atomic E-state index is 12.3. The van der Waals surface area contributed by atoms with Gasteiger partial charge in [0, 0.05) is 0 Å². The average Bonchev–Trinajstić information content (AvgIpc) is 2.42. The van der Waals surface area contributed by atoms with Gasteiger partial charge in [0.1, 0.15) is 0 Å². The smallest absolute Gasteiger partial charge is 0.334 e. The summed E-state index contributed by atoms with van der Waals surface area (Å²) in [6.07, 6.45) is -0.971. The van der Waals surface area contributed by atoms with Gasteiger partial charge in [-0.2, -0.15) is 0 Å². The Morgan fingerprint density at radius 2 is 1.26 bits per heavy atom. The van der Waals surface area contributed by atoms with Crippen molar-refractivity contribution in [3.63, 3.8) is 0 Å². The van der Waals surface area contributed by atoms with Crippen molar-refractivity contribution in [2.24, 2.45) is 0 Å². The molecule has 0 saturated carbocycles. The third-order valence-electron chi connectivity index (χ3n) is 4.26. The zero-order valence-corrected chi connectivity index (χ0v) is 17.0. The van der Waals surface area contributed by atoms with E-state index in [9.17, 15) is 9.59 Å². The minimum Gasteiger partial charge on any atom is -0.466 e. The highest BCUT2D eigenvalue weighted by Crippen LogP contribution is 2.43. The van der Waals surface area contributed by atoms with Gasteiger partial charge >= 0.3 is 11.9 Å². The number of carbonyl (C=O) groups excluding carboxylic acids is 2. The van der Waals surface area contributed by atoms with Gasteiger partial charge in [0.05, 0.1) is 19.6 Å². The highest BCUT2D eigenvalue weighted by Gasteiger charge is 2.48. The van der Waals surface area contributed by atoms with Crippen LogP contribution in [0, 0.1) is 0 Å². The minimum absolute atomic E-state index is 0.0897. The quantitative estimate of drug-likeness (QED) is 0.441. The molecule has 23 heavy (non-hydrogen) atoms. The van der Waals surface area contributed by atoms with Crippen molar-refractivity contribution < 1.29 is 23.5 Å². The predicted molar refractivity (Wildman–Crippen MR) is 93.8 cm³/mol. The fraction of sp³-hybridized carbons (Fsp3) is 0.882. The zero-order valence-electron chi connectivity index (χ0n) is 16.0. The molecule has 0 spiro atoms. The van der Waals surface area contributed by atoms with Crippen molar-refractivity contribution >= 4 is 20.3 Å². The predicted octanol–water partition coefficient (Wildman–Crippen LogP) is 4.06. The van der Waals surface area contributed by atoms with Crippen LogP contribution < -0.4 is 0 Å². The molecule has 0 fully saturated rings. The molecule has 0 heterocycles. The molecular formula is C17H34O5Si. The van der Waals surface area contributed by atoms with Crippen LogP contribution >= 0.6 is 0 Å². The van der Waals surface area contributed by atoms with E-state index in [1.807, 2.05) is 0 Å². The van der Waals surface area contributed by atoms with Gasteiger partial charge < -0.3 is 13.9 Å². The van der Waals surface area contributed by atoms with Crippen LogP contribution in [-0.4, -0.2) is 39.6 Å². The molecule has 0 aromatic heterocycles. The van der Waals surface area contributed by atoms with E-state index in [4.69, 9.17) is 13.9 Å². The van der Waals surface area contributed by atoms with Crippen LogP contribution in [-0.2, 0) is 23.5 Å². The topological polar surface area (TPSA) is 61.8 Å². The summed E-state index contributed by atoms with van der Waals surface area (Å²) >= 11 is 0. The maximum Gasteiger partial charge on any atom is 0.334 e. The van der Waals surface area contributed by atoms with Gasteiger partial charge in [-0.1, -0.05) is 41.5 Å². The third-order valence-corrected chi connectivity index (χ3v) is 10.4. The number of rotatable bonds is 10. The van der Waals surface area contributed by atoms with Crippen molar-refractivity contribution in [3.05, 3.63) is 0 Å². The van der Waals surface area contributed by atoms with Gasteiger partial charge in [-0.15, -0.1) is 0 Å². The van der Waals surface area contributed by atoms with Crippen LogP contribution in [0.5, 0.6) is 0 Å². The van der Waals surface area contributed by atoms with Gasteiger partial charge in [0.25, 0.3) is 0 Å². The highest BCUT2D eigenvalue weighted by atomic mass is 28.4. The Balaban J connectivity index is 5.51. The Bertz CT molecular complexity index is 357. The number of ether oxygens (including phenoxy) is 2. The van der Waals surface area contributed by atoms with Gasteiger partial charge in [-0.25, -0.2) is 4.79 Å². The minimum atomic E-state index is -2.28. The van der Waals surface area contributed by atoms with E-state index in [1.54, 1.807) is 13.8 Å². The first-order chi connectivity index (χ1) is 10.6. The normalized spacial score (nSPS) is 13.5. The van der Waals surface area contributed by atoms with Crippen molar-refractivity contribution in [1.82, 2.24) is 0 Å². The standard InChI is InChI=1S/C17H34O5Si/c1-9-20-16(18)11-15(17(19)21-10-2)22-23(12(3)4,13(5)6)14(7)8/h12-15H,9-11H2,1-8H3. The summed E-state index contributed by atoms with van der Waals surface area (Å²) in [5.74, 6) is -0.899. The first-order valence-electron chi connectivity index (χ1n) is 8.63. The van der Waals surface area contributed by atoms with Crippen LogP contribution in [0.4, 0.5) is 0 Å². The van der Waals surface area contributed by atoms with Crippen LogP contribution in [0.15, 0.2) is 0 Å². The zero-order chi connectivity index (χ0) is 18.2. The van der Waals surface area contributed by atoms with Crippen molar-refractivity contribution in [2.45, 2.75) is 84.5 Å². The van der Waals surface area contributed by atoms with E-state index in [-0.39, 0.29) is 19.6 Å². The van der Waals surface area contributed by atoms with Crippen molar-refractivity contribution in [2.75, 3.05) is 13.2 Å². The summed E-state index contributed by atoms with van der Waals surface area (Å²) in [5.41, 5.74) is 0.963. The van der Waals surface area contributed by atoms with E-state index in [1.165, 1.54) is 0 Å². The van der Waals surface area contributed by atoms with Gasteiger partial charge in [-0.05, 0) is 30.5 Å². The van der Waals surface area contributed by atoms with Crippen LogP contribution in [0.2, 0.25) is 16.6 Å². The largest absolute Gasteiger partial charge is 0.466 e. The lowest BCUT2D eigenvalue weighted by Gasteiger charge is -2.43. The lowest BCUT2D eigenvalue weighted by atomic mass is 10.2. The maximum absolute atomic E-state index is 12.3. The SMILES string of the molecule is CCOC(=O)CC(O[Si](C(C)C)(C(C)C)C(C)C)C(=O)OCC. The molecule has 6 heteroatoms. The molecule has 0 N–H and O–H groups in total. The molecule has 0 aliphatic rings. The highest BCUT2D eigenvalue weighted by molar-refractivity contribution is 6.77. The monoisotopic (exact) mass is 346 g/mol. The van der Waals surface area contributed by atoms with Crippen LogP contribution in [0.3, 0.4) is 0 Å². The number of esters is 2. The van der Waals surface area contributed by atoms with E-state index in [2.05, 4.69) is 41.5 Å². The Kier molecular flexibility index (Phi) is 9.69. The average molecular weight is 347 g/mol. The first-order valence-corrected chi connectivity index (χ1v) is 10.8. The summed E-state index contributed by atoms with van der Waals surface area (Å²) in [4.78, 5) is 24.2. The molecule has 0 aliphatic carbocycles. The second-order valence-corrected chi connectivity index (χ2v) is 12.1. The fourth-order valence-corrected chi connectivity index (χ4v) is 8.92. The van der Waals surface area contributed by atoms with Gasteiger partial charge in [0.2, 0.25) is 8.32 Å². The Labute approximate surface area is 142 Å². The molecule has 1 unspecified atom stereocenters. The summed E-state index contributed by atoms with van der Waals surface area (Å²) in [5, 5.41) is 0. The molecular weight excluding hydrogens is 312 g/mol. The summed E-state index contributed by atoms with van der Waals surface area (Å²) in [6, 6.07) is 0. The molecule has 0 aliphatic heterocycles. The van der Waals surface area contributed by atoms with E-state index >= 15 is 0 Å².